The zero-order valence-electron chi connectivity index (χ0n) is 12.1. The Morgan fingerprint density at radius 1 is 1.05 bits per heavy atom. The van der Waals surface area contributed by atoms with Gasteiger partial charge in [-0.2, -0.15) is 8.42 Å². The van der Waals surface area contributed by atoms with E-state index >= 15 is 0 Å². The van der Waals surface area contributed by atoms with E-state index in [-0.39, 0.29) is 18.3 Å². The predicted molar refractivity (Wildman–Crippen MR) is 82.7 cm³/mol. The molecule has 0 saturated heterocycles. The Kier molecular flexibility index (Phi) is 8.61. The summed E-state index contributed by atoms with van der Waals surface area (Å²) in [5, 5.41) is 0. The molecule has 7 nitrogen and oxygen atoms in total. The predicted octanol–water partition coefficient (Wildman–Crippen LogP) is 1.02. The molecule has 124 valence electrons. The van der Waals surface area contributed by atoms with Crippen LogP contribution in [0.25, 0.3) is 0 Å². The van der Waals surface area contributed by atoms with E-state index in [1.54, 1.807) is 12.2 Å². The van der Waals surface area contributed by atoms with Gasteiger partial charge in [-0.3, -0.25) is 9.12 Å². The standard InChI is InChI=1S/C12H24NO6PS/c1-3-7-13(8-4-2,9-5-11-20(14,15)16)10-6-12-21(17,18)19/h3-4H,1-2,5-12H2,(H2-,14,15,16,17,18,19)/p+1. The summed E-state index contributed by atoms with van der Waals surface area (Å²) in [4.78, 5) is 17.8. The Labute approximate surface area is 126 Å². The molecule has 3 N–H and O–H groups in total. The van der Waals surface area contributed by atoms with Crippen LogP contribution < -0.4 is 0 Å². The van der Waals surface area contributed by atoms with Gasteiger partial charge in [0.2, 0.25) is 0 Å². The molecule has 9 heteroatoms. The summed E-state index contributed by atoms with van der Waals surface area (Å²) < 4.78 is 41.7. The Bertz CT molecular complexity index is 474. The van der Waals surface area contributed by atoms with Gasteiger partial charge in [-0.05, 0) is 12.2 Å². The lowest BCUT2D eigenvalue weighted by Crippen LogP contribution is -2.50. The molecule has 0 rings (SSSR count). The minimum absolute atomic E-state index is 0.209. The van der Waals surface area contributed by atoms with Crippen LogP contribution >= 0.6 is 7.60 Å². The molecule has 0 heterocycles. The maximum atomic E-state index is 10.9. The number of nitrogens with zero attached hydrogens (tertiary/aromatic N) is 1. The molecule has 0 amide bonds. The fourth-order valence-corrected chi connectivity index (χ4v) is 3.34. The quantitative estimate of drug-likeness (QED) is 0.211. The van der Waals surface area contributed by atoms with E-state index in [9.17, 15) is 13.0 Å². The molecule has 0 saturated carbocycles. The lowest BCUT2D eigenvalue weighted by atomic mass is 10.2. The van der Waals surface area contributed by atoms with Crippen LogP contribution in [-0.2, 0) is 14.7 Å². The van der Waals surface area contributed by atoms with E-state index in [1.165, 1.54) is 0 Å². The van der Waals surface area contributed by atoms with Gasteiger partial charge < -0.3 is 14.3 Å². The second-order valence-electron chi connectivity index (χ2n) is 5.11. The van der Waals surface area contributed by atoms with Crippen LogP contribution in [0.15, 0.2) is 25.3 Å². The van der Waals surface area contributed by atoms with Crippen molar-refractivity contribution in [3.05, 3.63) is 25.3 Å². The first-order valence-electron chi connectivity index (χ1n) is 6.60. The third kappa shape index (κ3) is 10.8. The van der Waals surface area contributed by atoms with Gasteiger partial charge in [0, 0.05) is 12.8 Å². The number of rotatable bonds is 12. The molecule has 0 spiro atoms. The Balaban J connectivity index is 4.76. The van der Waals surface area contributed by atoms with Crippen LogP contribution in [0.1, 0.15) is 12.8 Å². The molecule has 0 aliphatic rings. The lowest BCUT2D eigenvalue weighted by molar-refractivity contribution is -0.917. The summed E-state index contributed by atoms with van der Waals surface area (Å²) in [6, 6.07) is 0. The maximum absolute atomic E-state index is 10.9. The molecular formula is C12H25NO6PS+. The fraction of sp³-hybridized carbons (Fsp3) is 0.667. The van der Waals surface area contributed by atoms with E-state index in [1.807, 2.05) is 0 Å². The van der Waals surface area contributed by atoms with Crippen molar-refractivity contribution < 1.29 is 31.8 Å². The van der Waals surface area contributed by atoms with Gasteiger partial charge in [-0.25, -0.2) is 0 Å². The molecule has 0 aromatic heterocycles. The van der Waals surface area contributed by atoms with E-state index in [0.29, 0.717) is 37.1 Å². The summed E-state index contributed by atoms with van der Waals surface area (Å²) in [6.45, 7) is 9.36. The first kappa shape index (κ1) is 20.5. The van der Waals surface area contributed by atoms with Crippen molar-refractivity contribution in [2.24, 2.45) is 0 Å². The van der Waals surface area contributed by atoms with Crippen molar-refractivity contribution in [2.75, 3.05) is 38.1 Å². The van der Waals surface area contributed by atoms with Gasteiger partial charge in [0.15, 0.2) is 0 Å². The molecule has 0 aromatic rings. The summed E-state index contributed by atoms with van der Waals surface area (Å²) in [7, 11) is -8.05. The maximum Gasteiger partial charge on any atom is 0.325 e. The van der Waals surface area contributed by atoms with Gasteiger partial charge in [0.25, 0.3) is 10.1 Å². The lowest BCUT2D eigenvalue weighted by Gasteiger charge is -2.37. The van der Waals surface area contributed by atoms with Crippen LogP contribution in [0.5, 0.6) is 0 Å². The van der Waals surface area contributed by atoms with Crippen molar-refractivity contribution in [1.82, 2.24) is 0 Å². The second kappa shape index (κ2) is 8.82. The molecule has 0 aliphatic heterocycles. The Morgan fingerprint density at radius 3 is 1.90 bits per heavy atom. The molecule has 0 aliphatic carbocycles. The van der Waals surface area contributed by atoms with Crippen LogP contribution in [0.2, 0.25) is 0 Å². The topological polar surface area (TPSA) is 112 Å². The molecule has 0 radical (unpaired) electrons. The van der Waals surface area contributed by atoms with Gasteiger partial charge >= 0.3 is 7.60 Å². The average Bonchev–Trinajstić information content (AvgIpc) is 2.26. The minimum atomic E-state index is -4.04. The Hall–Kier alpha value is -0.500. The molecule has 0 fully saturated rings. The van der Waals surface area contributed by atoms with Crippen molar-refractivity contribution in [3.8, 4) is 0 Å². The van der Waals surface area contributed by atoms with Crippen LogP contribution in [0, 0.1) is 0 Å². The van der Waals surface area contributed by atoms with Gasteiger partial charge in [-0.1, -0.05) is 13.2 Å². The van der Waals surface area contributed by atoms with E-state index < -0.39 is 17.7 Å². The molecule has 0 aromatic carbocycles. The third-order valence-corrected chi connectivity index (χ3v) is 4.85. The van der Waals surface area contributed by atoms with Gasteiger partial charge in [-0.15, -0.1) is 0 Å². The summed E-state index contributed by atoms with van der Waals surface area (Å²) in [5.74, 6) is -0.334. The highest BCUT2D eigenvalue weighted by Gasteiger charge is 2.26. The third-order valence-electron chi connectivity index (χ3n) is 3.15. The smallest absolute Gasteiger partial charge is 0.324 e. The normalized spacial score (nSPS) is 13.1. The Morgan fingerprint density at radius 2 is 1.52 bits per heavy atom. The summed E-state index contributed by atoms with van der Waals surface area (Å²) >= 11 is 0. The minimum Gasteiger partial charge on any atom is -0.324 e. The number of hydrogen-bond acceptors (Lipinski definition) is 3. The number of quaternary nitrogens is 1. The van der Waals surface area contributed by atoms with E-state index in [0.717, 1.165) is 0 Å². The molecule has 0 bridgehead atoms. The molecule has 0 atom stereocenters. The highest BCUT2D eigenvalue weighted by Crippen LogP contribution is 2.35. The zero-order chi connectivity index (χ0) is 16.6. The molecule has 0 unspecified atom stereocenters. The summed E-state index contributed by atoms with van der Waals surface area (Å²) in [5.41, 5.74) is 0. The van der Waals surface area contributed by atoms with Crippen molar-refractivity contribution >= 4 is 17.7 Å². The van der Waals surface area contributed by atoms with Crippen LogP contribution in [-0.4, -0.2) is 65.3 Å². The highest BCUT2D eigenvalue weighted by molar-refractivity contribution is 7.85. The van der Waals surface area contributed by atoms with Gasteiger partial charge in [0.1, 0.15) is 0 Å². The van der Waals surface area contributed by atoms with Crippen molar-refractivity contribution in [3.63, 3.8) is 0 Å². The van der Waals surface area contributed by atoms with Gasteiger partial charge in [0.05, 0.1) is 38.1 Å². The van der Waals surface area contributed by atoms with Crippen molar-refractivity contribution in [2.45, 2.75) is 12.8 Å². The zero-order valence-corrected chi connectivity index (χ0v) is 13.8. The summed E-state index contributed by atoms with van der Waals surface area (Å²) in [6.07, 6.45) is 3.75. The largest absolute Gasteiger partial charge is 0.325 e. The van der Waals surface area contributed by atoms with E-state index in [2.05, 4.69) is 13.2 Å². The first-order chi connectivity index (χ1) is 9.54. The fourth-order valence-electron chi connectivity index (χ4n) is 2.29. The SMILES string of the molecule is C=CC[N+](CC=C)(CCCP(=O)(O)O)CCCS(=O)(=O)O. The second-order valence-corrected chi connectivity index (χ2v) is 8.46. The molecule has 21 heavy (non-hydrogen) atoms. The highest BCUT2D eigenvalue weighted by atomic mass is 32.2. The van der Waals surface area contributed by atoms with E-state index in [4.69, 9.17) is 14.3 Å². The molecular weight excluding hydrogens is 317 g/mol. The average molecular weight is 342 g/mol. The van der Waals surface area contributed by atoms with Crippen LogP contribution in [0.4, 0.5) is 0 Å². The first-order valence-corrected chi connectivity index (χ1v) is 10.0. The monoisotopic (exact) mass is 342 g/mol. The van der Waals surface area contributed by atoms with Crippen LogP contribution in [0.3, 0.4) is 0 Å². The number of hydrogen-bond donors (Lipinski definition) is 3. The van der Waals surface area contributed by atoms with Crippen molar-refractivity contribution in [1.29, 1.82) is 0 Å².